The summed E-state index contributed by atoms with van der Waals surface area (Å²) in [5.41, 5.74) is 6.29. The lowest BCUT2D eigenvalue weighted by Gasteiger charge is -2.45. The molecule has 5 nitrogen and oxygen atoms in total. The van der Waals surface area contributed by atoms with Gasteiger partial charge in [0, 0.05) is 31.0 Å². The molecule has 2 saturated carbocycles. The van der Waals surface area contributed by atoms with Crippen LogP contribution >= 0.6 is 24.8 Å². The Morgan fingerprint density at radius 2 is 1.90 bits per heavy atom. The molecule has 0 saturated heterocycles. The standard InChI is InChI=1S/C21H25F2N3O2.2ClH/c22-14-4-5-16(17(23)10-14)18-11-25-20(28-18)7-6-19(27)26-21-12-2-1-3-13(21)9-15(24)8-12;;/h4-5,10-13,15,21H,1-3,6-9,24H2,(H,26,27);2*1H. The molecule has 30 heavy (non-hydrogen) atoms. The van der Waals surface area contributed by atoms with Gasteiger partial charge < -0.3 is 15.5 Å². The van der Waals surface area contributed by atoms with Crippen LogP contribution in [0.25, 0.3) is 11.3 Å². The predicted octanol–water partition coefficient (Wildman–Crippen LogP) is 4.42. The zero-order valence-electron chi connectivity index (χ0n) is 16.5. The number of carbonyl (C=O) groups is 1. The molecule has 0 spiro atoms. The maximum atomic E-state index is 13.9. The Balaban J connectivity index is 0.00000160. The normalized spacial score (nSPS) is 25.0. The molecular weight excluding hydrogens is 435 g/mol. The quantitative estimate of drug-likeness (QED) is 0.690. The fraction of sp³-hybridized carbons (Fsp3) is 0.524. The van der Waals surface area contributed by atoms with Gasteiger partial charge in [-0.3, -0.25) is 4.79 Å². The second-order valence-electron chi connectivity index (χ2n) is 8.02. The zero-order valence-corrected chi connectivity index (χ0v) is 18.1. The molecule has 3 N–H and O–H groups in total. The van der Waals surface area contributed by atoms with Crippen molar-refractivity contribution in [3.8, 4) is 11.3 Å². The van der Waals surface area contributed by atoms with E-state index in [4.69, 9.17) is 10.2 Å². The fourth-order valence-corrected chi connectivity index (χ4v) is 4.74. The maximum absolute atomic E-state index is 13.9. The topological polar surface area (TPSA) is 81.1 Å². The number of nitrogens with zero attached hydrogens (tertiary/aromatic N) is 1. The van der Waals surface area contributed by atoms with Crippen LogP contribution in [0.15, 0.2) is 28.8 Å². The largest absolute Gasteiger partial charge is 0.441 e. The van der Waals surface area contributed by atoms with Gasteiger partial charge in [0.25, 0.3) is 0 Å². The van der Waals surface area contributed by atoms with Crippen molar-refractivity contribution in [1.29, 1.82) is 0 Å². The lowest BCUT2D eigenvalue weighted by Crippen LogP contribution is -2.53. The Hall–Kier alpha value is -1.70. The van der Waals surface area contributed by atoms with E-state index in [2.05, 4.69) is 10.3 Å². The number of rotatable bonds is 5. The molecule has 9 heteroatoms. The lowest BCUT2D eigenvalue weighted by molar-refractivity contribution is -0.123. The fourth-order valence-electron chi connectivity index (χ4n) is 4.74. The minimum Gasteiger partial charge on any atom is -0.441 e. The molecule has 2 aromatic rings. The molecule has 2 bridgehead atoms. The smallest absolute Gasteiger partial charge is 0.220 e. The van der Waals surface area contributed by atoms with Crippen molar-refractivity contribution in [2.75, 3.05) is 0 Å². The average Bonchev–Trinajstić information content (AvgIpc) is 3.09. The van der Waals surface area contributed by atoms with Crippen LogP contribution < -0.4 is 11.1 Å². The van der Waals surface area contributed by atoms with Gasteiger partial charge in [-0.2, -0.15) is 0 Å². The second-order valence-corrected chi connectivity index (χ2v) is 8.02. The molecule has 4 rings (SSSR count). The monoisotopic (exact) mass is 461 g/mol. The summed E-state index contributed by atoms with van der Waals surface area (Å²) in [5.74, 6) is 0.157. The van der Waals surface area contributed by atoms with Gasteiger partial charge in [-0.1, -0.05) is 6.42 Å². The lowest BCUT2D eigenvalue weighted by atomic mass is 9.67. The first kappa shape index (κ1) is 24.6. The summed E-state index contributed by atoms with van der Waals surface area (Å²) in [6, 6.07) is 3.75. The van der Waals surface area contributed by atoms with Crippen molar-refractivity contribution < 1.29 is 18.0 Å². The van der Waals surface area contributed by atoms with E-state index in [1.165, 1.54) is 24.8 Å². The average molecular weight is 462 g/mol. The highest BCUT2D eigenvalue weighted by Crippen LogP contribution is 2.39. The number of nitrogens with two attached hydrogens (primary N) is 1. The number of oxazole rings is 1. The van der Waals surface area contributed by atoms with Crippen LogP contribution in [0.4, 0.5) is 8.78 Å². The molecule has 1 aromatic heterocycles. The summed E-state index contributed by atoms with van der Waals surface area (Å²) < 4.78 is 32.4. The number of amides is 1. The van der Waals surface area contributed by atoms with E-state index in [1.807, 2.05) is 0 Å². The summed E-state index contributed by atoms with van der Waals surface area (Å²) in [6.45, 7) is 0. The van der Waals surface area contributed by atoms with E-state index in [0.29, 0.717) is 24.1 Å². The number of aromatic nitrogens is 1. The van der Waals surface area contributed by atoms with Gasteiger partial charge in [-0.25, -0.2) is 13.8 Å². The summed E-state index contributed by atoms with van der Waals surface area (Å²) in [6.07, 6.45) is 7.42. The van der Waals surface area contributed by atoms with E-state index in [9.17, 15) is 13.6 Å². The van der Waals surface area contributed by atoms with Crippen LogP contribution in [0.3, 0.4) is 0 Å². The summed E-state index contributed by atoms with van der Waals surface area (Å²) >= 11 is 0. The molecule has 2 unspecified atom stereocenters. The van der Waals surface area contributed by atoms with Crippen molar-refractivity contribution in [3.05, 3.63) is 41.9 Å². The van der Waals surface area contributed by atoms with Gasteiger partial charge in [-0.15, -0.1) is 24.8 Å². The minimum absolute atomic E-state index is 0. The van der Waals surface area contributed by atoms with Gasteiger partial charge in [0.2, 0.25) is 5.91 Å². The number of hydrogen-bond acceptors (Lipinski definition) is 4. The van der Waals surface area contributed by atoms with E-state index >= 15 is 0 Å². The third-order valence-corrected chi connectivity index (χ3v) is 6.02. The van der Waals surface area contributed by atoms with Crippen LogP contribution in [0, 0.1) is 23.5 Å². The summed E-state index contributed by atoms with van der Waals surface area (Å²) in [7, 11) is 0. The Bertz CT molecular complexity index is 851. The Kier molecular flexibility index (Phi) is 8.64. The first-order valence-electron chi connectivity index (χ1n) is 9.94. The van der Waals surface area contributed by atoms with Crippen molar-refractivity contribution in [1.82, 2.24) is 10.3 Å². The molecule has 1 aromatic carbocycles. The van der Waals surface area contributed by atoms with Gasteiger partial charge in [0.1, 0.15) is 11.6 Å². The Labute approximate surface area is 187 Å². The third kappa shape index (κ3) is 5.50. The molecule has 0 radical (unpaired) electrons. The molecule has 2 aliphatic rings. The van der Waals surface area contributed by atoms with E-state index in [0.717, 1.165) is 31.7 Å². The van der Waals surface area contributed by atoms with Crippen molar-refractivity contribution in [2.24, 2.45) is 17.6 Å². The van der Waals surface area contributed by atoms with E-state index < -0.39 is 11.6 Å². The van der Waals surface area contributed by atoms with Crippen LogP contribution in [0.2, 0.25) is 0 Å². The number of carbonyl (C=O) groups excluding carboxylic acids is 1. The van der Waals surface area contributed by atoms with E-state index in [1.54, 1.807) is 0 Å². The molecule has 2 fully saturated rings. The van der Waals surface area contributed by atoms with Crippen LogP contribution in [0.5, 0.6) is 0 Å². The molecular formula is C21H27Cl2F2N3O2. The van der Waals surface area contributed by atoms with Crippen LogP contribution in [-0.4, -0.2) is 23.0 Å². The number of benzene rings is 1. The van der Waals surface area contributed by atoms with Crippen molar-refractivity contribution >= 4 is 30.7 Å². The molecule has 2 aliphatic carbocycles. The van der Waals surface area contributed by atoms with Gasteiger partial charge >= 0.3 is 0 Å². The van der Waals surface area contributed by atoms with Gasteiger partial charge in [0.05, 0.1) is 11.8 Å². The number of hydrogen-bond donors (Lipinski definition) is 2. The molecule has 1 amide bonds. The highest BCUT2D eigenvalue weighted by atomic mass is 35.5. The number of nitrogens with one attached hydrogen (secondary N) is 1. The van der Waals surface area contributed by atoms with Crippen LogP contribution in [-0.2, 0) is 11.2 Å². The minimum atomic E-state index is -0.706. The third-order valence-electron chi connectivity index (χ3n) is 6.02. The van der Waals surface area contributed by atoms with Crippen molar-refractivity contribution in [3.63, 3.8) is 0 Å². The number of halogens is 4. The summed E-state index contributed by atoms with van der Waals surface area (Å²) in [4.78, 5) is 16.6. The Morgan fingerprint density at radius 1 is 1.20 bits per heavy atom. The SMILES string of the molecule is Cl.Cl.NC1CC2CCCC(C1)C2NC(=O)CCc1ncc(-c2ccc(F)cc2F)o1. The zero-order chi connectivity index (χ0) is 19.7. The number of aryl methyl sites for hydroxylation is 1. The summed E-state index contributed by atoms with van der Waals surface area (Å²) in [5, 5.41) is 3.20. The number of fused-ring (bicyclic) bond motifs is 2. The highest BCUT2D eigenvalue weighted by Gasteiger charge is 2.39. The van der Waals surface area contributed by atoms with Gasteiger partial charge in [0.15, 0.2) is 11.7 Å². The first-order chi connectivity index (χ1) is 13.5. The highest BCUT2D eigenvalue weighted by molar-refractivity contribution is 5.85. The van der Waals surface area contributed by atoms with Gasteiger partial charge in [-0.05, 0) is 49.7 Å². The first-order valence-corrected chi connectivity index (χ1v) is 9.94. The molecule has 166 valence electrons. The maximum Gasteiger partial charge on any atom is 0.220 e. The molecule has 1 heterocycles. The van der Waals surface area contributed by atoms with Crippen molar-refractivity contribution in [2.45, 2.75) is 57.0 Å². The second kappa shape index (κ2) is 10.6. The molecule has 0 aliphatic heterocycles. The molecule has 2 atom stereocenters. The van der Waals surface area contributed by atoms with E-state index in [-0.39, 0.29) is 60.5 Å². The predicted molar refractivity (Wildman–Crippen MR) is 115 cm³/mol. The van der Waals surface area contributed by atoms with Crippen LogP contribution in [0.1, 0.15) is 44.4 Å². The Morgan fingerprint density at radius 3 is 2.57 bits per heavy atom.